The maximum Gasteiger partial charge on any atom is 0.252 e. The molecular formula is C21H28N2O3S2. The van der Waals surface area contributed by atoms with E-state index >= 15 is 0 Å². The molecule has 2 heterocycles. The number of piperazine rings is 1. The molecule has 2 fully saturated rings. The second-order valence-corrected chi connectivity index (χ2v) is 11.0. The van der Waals surface area contributed by atoms with E-state index in [0.29, 0.717) is 29.8 Å². The Bertz CT molecular complexity index is 860. The fraction of sp³-hybridized carbons (Fsp3) is 0.524. The van der Waals surface area contributed by atoms with Gasteiger partial charge in [-0.05, 0) is 48.1 Å². The quantitative estimate of drug-likeness (QED) is 0.783. The molecule has 1 saturated carbocycles. The summed E-state index contributed by atoms with van der Waals surface area (Å²) in [7, 11) is -3.42. The smallest absolute Gasteiger partial charge is 0.252 e. The zero-order chi connectivity index (χ0) is 19.6. The molecule has 1 N–H and O–H groups in total. The topological polar surface area (TPSA) is 60.9 Å². The lowest BCUT2D eigenvalue weighted by molar-refractivity contribution is 0.262. The number of thiophene rings is 1. The number of aromatic hydroxyl groups is 1. The maximum absolute atomic E-state index is 13.1. The van der Waals surface area contributed by atoms with E-state index in [-0.39, 0.29) is 11.8 Å². The van der Waals surface area contributed by atoms with Crippen molar-refractivity contribution in [3.05, 3.63) is 41.8 Å². The summed E-state index contributed by atoms with van der Waals surface area (Å²) in [6.45, 7) is 1.69. The first-order valence-electron chi connectivity index (χ1n) is 10.1. The summed E-state index contributed by atoms with van der Waals surface area (Å²) in [5, 5.41) is 11.5. The van der Waals surface area contributed by atoms with Crippen LogP contribution in [0.4, 0.5) is 5.69 Å². The van der Waals surface area contributed by atoms with Gasteiger partial charge in [0.05, 0.1) is 0 Å². The van der Waals surface area contributed by atoms with E-state index in [1.54, 1.807) is 28.6 Å². The molecule has 1 atom stereocenters. The standard InChI is InChI=1S/C21H28N2O3S2/c24-20-10-8-18(9-11-20)23-13-12-22(28(25,26)21-7-4-14-27-21)16-19(23)15-17-5-2-1-3-6-17/h4,7-11,14,17,19,24H,1-3,5-6,12-13,15-16H2/t19-/m1/s1. The average molecular weight is 421 g/mol. The van der Waals surface area contributed by atoms with Crippen LogP contribution in [0.3, 0.4) is 0 Å². The number of phenols is 1. The molecule has 0 amide bonds. The van der Waals surface area contributed by atoms with Crippen LogP contribution in [0.25, 0.3) is 0 Å². The molecule has 28 heavy (non-hydrogen) atoms. The van der Waals surface area contributed by atoms with Gasteiger partial charge in [0.2, 0.25) is 0 Å². The Morgan fingerprint density at radius 2 is 1.79 bits per heavy atom. The summed E-state index contributed by atoms with van der Waals surface area (Å²) in [6.07, 6.45) is 7.41. The van der Waals surface area contributed by atoms with E-state index in [1.807, 2.05) is 17.5 Å². The van der Waals surface area contributed by atoms with Crippen molar-refractivity contribution in [3.63, 3.8) is 0 Å². The summed E-state index contributed by atoms with van der Waals surface area (Å²) in [5.74, 6) is 0.925. The molecule has 7 heteroatoms. The van der Waals surface area contributed by atoms with Crippen LogP contribution >= 0.6 is 11.3 Å². The number of benzene rings is 1. The molecule has 0 unspecified atom stereocenters. The first-order valence-corrected chi connectivity index (χ1v) is 12.5. The second-order valence-electron chi connectivity index (χ2n) is 7.90. The van der Waals surface area contributed by atoms with Gasteiger partial charge in [-0.15, -0.1) is 11.3 Å². The van der Waals surface area contributed by atoms with Gasteiger partial charge >= 0.3 is 0 Å². The third-order valence-corrected chi connectivity index (χ3v) is 9.28. The highest BCUT2D eigenvalue weighted by molar-refractivity contribution is 7.91. The Kier molecular flexibility index (Phi) is 5.94. The lowest BCUT2D eigenvalue weighted by Gasteiger charge is -2.43. The minimum atomic E-state index is -3.42. The molecule has 4 rings (SSSR count). The highest BCUT2D eigenvalue weighted by Crippen LogP contribution is 2.33. The Hall–Kier alpha value is -1.57. The highest BCUT2D eigenvalue weighted by Gasteiger charge is 2.36. The van der Waals surface area contributed by atoms with Crippen molar-refractivity contribution in [2.24, 2.45) is 5.92 Å². The van der Waals surface area contributed by atoms with Crippen LogP contribution in [-0.4, -0.2) is 43.5 Å². The number of phenolic OH excluding ortho intramolecular Hbond substituents is 1. The average Bonchev–Trinajstić information content (AvgIpc) is 3.25. The van der Waals surface area contributed by atoms with E-state index in [9.17, 15) is 13.5 Å². The van der Waals surface area contributed by atoms with Gasteiger partial charge in [0, 0.05) is 31.4 Å². The van der Waals surface area contributed by atoms with Crippen LogP contribution in [0.5, 0.6) is 5.75 Å². The largest absolute Gasteiger partial charge is 0.508 e. The number of rotatable bonds is 5. The van der Waals surface area contributed by atoms with Gasteiger partial charge in [-0.3, -0.25) is 0 Å². The Balaban J connectivity index is 1.57. The van der Waals surface area contributed by atoms with Crippen molar-refractivity contribution in [1.29, 1.82) is 0 Å². The van der Waals surface area contributed by atoms with Gasteiger partial charge in [-0.1, -0.05) is 38.2 Å². The van der Waals surface area contributed by atoms with Crippen LogP contribution in [-0.2, 0) is 10.0 Å². The predicted molar refractivity (Wildman–Crippen MR) is 114 cm³/mol. The molecule has 0 spiro atoms. The lowest BCUT2D eigenvalue weighted by Crippen LogP contribution is -2.55. The predicted octanol–water partition coefficient (Wildman–Crippen LogP) is 4.30. The zero-order valence-corrected chi connectivity index (χ0v) is 17.7. The molecule has 1 aliphatic heterocycles. The van der Waals surface area contributed by atoms with Crippen molar-refractivity contribution in [2.75, 3.05) is 24.5 Å². The lowest BCUT2D eigenvalue weighted by atomic mass is 9.84. The van der Waals surface area contributed by atoms with E-state index in [4.69, 9.17) is 0 Å². The number of hydrogen-bond donors (Lipinski definition) is 1. The van der Waals surface area contributed by atoms with Crippen LogP contribution < -0.4 is 4.90 Å². The fourth-order valence-electron chi connectivity index (χ4n) is 4.58. The monoisotopic (exact) mass is 420 g/mol. The number of sulfonamides is 1. The maximum atomic E-state index is 13.1. The molecule has 0 radical (unpaired) electrons. The summed E-state index contributed by atoms with van der Waals surface area (Å²) in [5.41, 5.74) is 1.06. The molecule has 2 aliphatic rings. The first-order chi connectivity index (χ1) is 13.5. The van der Waals surface area contributed by atoms with E-state index in [2.05, 4.69) is 4.90 Å². The molecule has 152 valence electrons. The minimum Gasteiger partial charge on any atom is -0.508 e. The minimum absolute atomic E-state index is 0.163. The first kappa shape index (κ1) is 19.7. The van der Waals surface area contributed by atoms with Crippen molar-refractivity contribution in [1.82, 2.24) is 4.31 Å². The van der Waals surface area contributed by atoms with Crippen molar-refractivity contribution in [2.45, 2.75) is 48.8 Å². The third-order valence-electron chi connectivity index (χ3n) is 6.05. The Morgan fingerprint density at radius 1 is 1.04 bits per heavy atom. The molecule has 1 saturated heterocycles. The summed E-state index contributed by atoms with van der Waals surface area (Å²) >= 11 is 1.29. The highest BCUT2D eigenvalue weighted by atomic mass is 32.2. The van der Waals surface area contributed by atoms with Crippen molar-refractivity contribution in [3.8, 4) is 5.75 Å². The molecule has 1 aromatic heterocycles. The molecular weight excluding hydrogens is 392 g/mol. The number of anilines is 1. The van der Waals surface area contributed by atoms with Gasteiger partial charge in [0.1, 0.15) is 9.96 Å². The normalized spacial score (nSPS) is 22.4. The van der Waals surface area contributed by atoms with Gasteiger partial charge in [0.25, 0.3) is 10.0 Å². The van der Waals surface area contributed by atoms with Gasteiger partial charge in [-0.2, -0.15) is 4.31 Å². The van der Waals surface area contributed by atoms with Crippen LogP contribution in [0.1, 0.15) is 38.5 Å². The van der Waals surface area contributed by atoms with Gasteiger partial charge < -0.3 is 10.0 Å². The van der Waals surface area contributed by atoms with E-state index in [1.165, 1.54) is 43.4 Å². The van der Waals surface area contributed by atoms with Crippen molar-refractivity contribution < 1.29 is 13.5 Å². The third kappa shape index (κ3) is 4.21. The van der Waals surface area contributed by atoms with Crippen molar-refractivity contribution >= 4 is 27.0 Å². The van der Waals surface area contributed by atoms with Crippen LogP contribution in [0.15, 0.2) is 46.0 Å². The van der Waals surface area contributed by atoms with Gasteiger partial charge in [0.15, 0.2) is 0 Å². The van der Waals surface area contributed by atoms with Crippen LogP contribution in [0, 0.1) is 5.92 Å². The van der Waals surface area contributed by atoms with E-state index in [0.717, 1.165) is 12.1 Å². The van der Waals surface area contributed by atoms with E-state index < -0.39 is 10.0 Å². The van der Waals surface area contributed by atoms with Gasteiger partial charge in [-0.25, -0.2) is 8.42 Å². The Labute approximate surface area is 171 Å². The number of hydrogen-bond acceptors (Lipinski definition) is 5. The SMILES string of the molecule is O=S(=O)(c1cccs1)N1CCN(c2ccc(O)cc2)[C@H](CC2CCCCC2)C1. The molecule has 0 bridgehead atoms. The molecule has 5 nitrogen and oxygen atoms in total. The molecule has 1 aromatic carbocycles. The fourth-order valence-corrected chi connectivity index (χ4v) is 7.19. The summed E-state index contributed by atoms with van der Waals surface area (Å²) in [4.78, 5) is 2.34. The van der Waals surface area contributed by atoms with Crippen LogP contribution in [0.2, 0.25) is 0 Å². The zero-order valence-electron chi connectivity index (χ0n) is 16.0. The Morgan fingerprint density at radius 3 is 2.46 bits per heavy atom. The number of nitrogens with zero attached hydrogens (tertiary/aromatic N) is 2. The summed E-state index contributed by atoms with van der Waals surface area (Å²) in [6, 6.07) is 10.9. The molecule has 2 aromatic rings. The molecule has 1 aliphatic carbocycles. The second kappa shape index (κ2) is 8.43. The summed E-state index contributed by atoms with van der Waals surface area (Å²) < 4.78 is 28.2.